The predicted molar refractivity (Wildman–Crippen MR) is 116 cm³/mol. The number of aromatic nitrogens is 2. The number of anilines is 3. The molecule has 0 bridgehead atoms. The van der Waals surface area contributed by atoms with Gasteiger partial charge in [0.2, 0.25) is 11.7 Å². The molecule has 14 heteroatoms. The molecule has 0 aliphatic carbocycles. The van der Waals surface area contributed by atoms with Crippen LogP contribution in [0.25, 0.3) is 0 Å². The van der Waals surface area contributed by atoms with Crippen LogP contribution in [0.2, 0.25) is 0 Å². The van der Waals surface area contributed by atoms with Crippen LogP contribution >= 0.6 is 0 Å². The van der Waals surface area contributed by atoms with E-state index in [0.29, 0.717) is 23.8 Å². The van der Waals surface area contributed by atoms with Crippen LogP contribution < -0.4 is 27.2 Å². The summed E-state index contributed by atoms with van der Waals surface area (Å²) in [5.41, 5.74) is 6.48. The number of H-pyrrole nitrogens is 1. The van der Waals surface area contributed by atoms with E-state index >= 15 is 0 Å². The Hall–Kier alpha value is -4.75. The monoisotopic (exact) mass is 457 g/mol. The van der Waals surface area contributed by atoms with Crippen molar-refractivity contribution in [2.75, 3.05) is 29.5 Å². The number of carboxylic acid groups (broad SMARTS) is 2. The van der Waals surface area contributed by atoms with Gasteiger partial charge >= 0.3 is 11.9 Å². The predicted octanol–water partition coefficient (Wildman–Crippen LogP) is -0.811. The van der Waals surface area contributed by atoms with Crippen molar-refractivity contribution >= 4 is 52.5 Å². The molecular formula is C19H19N7O7. The van der Waals surface area contributed by atoms with Gasteiger partial charge in [-0.25, -0.2) is 14.6 Å². The Bertz CT molecular complexity index is 1200. The third kappa shape index (κ3) is 5.69. The zero-order valence-corrected chi connectivity index (χ0v) is 16.9. The maximum Gasteiger partial charge on any atom is 0.372 e. The van der Waals surface area contributed by atoms with Crippen molar-refractivity contribution in [1.82, 2.24) is 15.3 Å². The molecule has 1 aliphatic rings. The van der Waals surface area contributed by atoms with Crippen molar-refractivity contribution in [2.45, 2.75) is 12.5 Å². The number of Topliss-reactive ketones (excluding diaryl/α,β-unsaturated/α-hetero) is 1. The fourth-order valence-corrected chi connectivity index (χ4v) is 2.85. The number of aliphatic carboxylic acids is 2. The second-order valence-corrected chi connectivity index (χ2v) is 6.91. The number of hydrogen-bond acceptors (Lipinski definition) is 10. The number of nitrogens with zero attached hydrogens (tertiary/aromatic N) is 2. The molecule has 172 valence electrons. The van der Waals surface area contributed by atoms with Gasteiger partial charge in [0.1, 0.15) is 6.04 Å². The number of nitrogen functional groups attached to an aromatic ring is 1. The second kappa shape index (κ2) is 9.59. The topological polar surface area (TPSA) is 229 Å². The summed E-state index contributed by atoms with van der Waals surface area (Å²) in [6.45, 7) is 0.613. The van der Waals surface area contributed by atoms with E-state index < -0.39 is 41.7 Å². The zero-order chi connectivity index (χ0) is 24.1. The Morgan fingerprint density at radius 1 is 1.15 bits per heavy atom. The maximum atomic E-state index is 12.3. The summed E-state index contributed by atoms with van der Waals surface area (Å²) < 4.78 is 0. The lowest BCUT2D eigenvalue weighted by molar-refractivity contribution is -0.150. The molecule has 1 amide bonds. The first-order valence-electron chi connectivity index (χ1n) is 9.48. The van der Waals surface area contributed by atoms with Gasteiger partial charge in [-0.2, -0.15) is 4.98 Å². The van der Waals surface area contributed by atoms with E-state index in [9.17, 15) is 24.0 Å². The first kappa shape index (κ1) is 22.9. The SMILES string of the molecule is Nc1nc2c(c(=O)[nH]1)N=C(CNc1ccc(C(=O)N[C@@H](CC(=O)C(=O)O)C(=O)O)cc1)CN2. The Labute approximate surface area is 184 Å². The Balaban J connectivity index is 1.61. The van der Waals surface area contributed by atoms with Gasteiger partial charge in [0.05, 0.1) is 18.8 Å². The number of aromatic amines is 1. The first-order valence-corrected chi connectivity index (χ1v) is 9.48. The summed E-state index contributed by atoms with van der Waals surface area (Å²) in [6.07, 6.45) is -0.875. The molecular weight excluding hydrogens is 438 g/mol. The number of nitrogens with two attached hydrogens (primary N) is 1. The first-order chi connectivity index (χ1) is 15.6. The van der Waals surface area contributed by atoms with E-state index in [1.165, 1.54) is 12.1 Å². The number of aliphatic imine (C=N–C) groups is 1. The maximum absolute atomic E-state index is 12.3. The number of nitrogens with one attached hydrogen (secondary N) is 4. The lowest BCUT2D eigenvalue weighted by Crippen LogP contribution is -2.43. The minimum absolute atomic E-state index is 0.0182. The molecule has 8 N–H and O–H groups in total. The van der Waals surface area contributed by atoms with Crippen molar-refractivity contribution in [2.24, 2.45) is 4.99 Å². The molecule has 1 aromatic heterocycles. The van der Waals surface area contributed by atoms with Gasteiger partial charge < -0.3 is 31.9 Å². The van der Waals surface area contributed by atoms with Gasteiger partial charge in [-0.1, -0.05) is 0 Å². The highest BCUT2D eigenvalue weighted by Gasteiger charge is 2.26. The molecule has 2 heterocycles. The molecule has 0 saturated heterocycles. The average molecular weight is 457 g/mol. The summed E-state index contributed by atoms with van der Waals surface area (Å²) in [6, 6.07) is 4.29. The highest BCUT2D eigenvalue weighted by atomic mass is 16.4. The Morgan fingerprint density at radius 3 is 2.48 bits per heavy atom. The number of benzene rings is 1. The lowest BCUT2D eigenvalue weighted by atomic mass is 10.1. The standard InChI is InChI=1S/C19H19N7O7/c20-19-25-14-13(16(29)26-19)23-10(7-22-14)6-21-9-3-1-8(2-4-9)15(28)24-11(17(30)31)5-12(27)18(32)33/h1-4,11,21H,5-7H2,(H,24,28)(H,30,31)(H,32,33)(H4,20,22,25,26,29)/t11-/m0/s1. The highest BCUT2D eigenvalue weighted by molar-refractivity contribution is 6.33. The van der Waals surface area contributed by atoms with Crippen molar-refractivity contribution in [3.05, 3.63) is 40.2 Å². The van der Waals surface area contributed by atoms with E-state index in [-0.39, 0.29) is 23.7 Å². The average Bonchev–Trinajstić information content (AvgIpc) is 2.77. The fraction of sp³-hybridized carbons (Fsp3) is 0.211. The van der Waals surface area contributed by atoms with Gasteiger partial charge in [-0.05, 0) is 24.3 Å². The number of fused-ring (bicyclic) bond motifs is 1. The molecule has 0 fully saturated rings. The van der Waals surface area contributed by atoms with Crippen LogP contribution in [0.15, 0.2) is 34.1 Å². The molecule has 33 heavy (non-hydrogen) atoms. The van der Waals surface area contributed by atoms with E-state index in [4.69, 9.17) is 15.9 Å². The number of carboxylic acids is 2. The normalized spacial score (nSPS) is 13.0. The van der Waals surface area contributed by atoms with E-state index in [0.717, 1.165) is 0 Å². The number of ketones is 1. The van der Waals surface area contributed by atoms with Crippen molar-refractivity contribution < 1.29 is 29.4 Å². The zero-order valence-electron chi connectivity index (χ0n) is 16.9. The number of hydrogen-bond donors (Lipinski definition) is 7. The number of carbonyl (C=O) groups is 4. The molecule has 0 radical (unpaired) electrons. The van der Waals surface area contributed by atoms with Crippen LogP contribution in [-0.2, 0) is 14.4 Å². The smallest absolute Gasteiger partial charge is 0.372 e. The molecule has 0 unspecified atom stereocenters. The molecule has 0 spiro atoms. The number of amides is 1. The van der Waals surface area contributed by atoms with Crippen molar-refractivity contribution in [1.29, 1.82) is 0 Å². The van der Waals surface area contributed by atoms with Crippen molar-refractivity contribution in [3.63, 3.8) is 0 Å². The largest absolute Gasteiger partial charge is 0.480 e. The summed E-state index contributed by atoms with van der Waals surface area (Å²) in [5.74, 6) is -5.15. The molecule has 0 saturated carbocycles. The molecule has 1 atom stereocenters. The summed E-state index contributed by atoms with van der Waals surface area (Å²) >= 11 is 0. The third-order valence-corrected chi connectivity index (χ3v) is 4.52. The Morgan fingerprint density at radius 2 is 1.85 bits per heavy atom. The number of rotatable bonds is 9. The minimum atomic E-state index is -1.78. The van der Waals surface area contributed by atoms with Gasteiger partial charge in [0.25, 0.3) is 11.5 Å². The van der Waals surface area contributed by atoms with Crippen LogP contribution in [-0.4, -0.2) is 68.7 Å². The van der Waals surface area contributed by atoms with Gasteiger partial charge in [-0.15, -0.1) is 0 Å². The van der Waals surface area contributed by atoms with E-state index in [1.807, 2.05) is 0 Å². The van der Waals surface area contributed by atoms with Crippen LogP contribution in [0, 0.1) is 0 Å². The van der Waals surface area contributed by atoms with Crippen LogP contribution in [0.5, 0.6) is 0 Å². The lowest BCUT2D eigenvalue weighted by Gasteiger charge is -2.17. The third-order valence-electron chi connectivity index (χ3n) is 4.52. The highest BCUT2D eigenvalue weighted by Crippen LogP contribution is 2.21. The molecule has 14 nitrogen and oxygen atoms in total. The van der Waals surface area contributed by atoms with Gasteiger partial charge in [0.15, 0.2) is 11.5 Å². The van der Waals surface area contributed by atoms with Crippen molar-refractivity contribution in [3.8, 4) is 0 Å². The summed E-state index contributed by atoms with van der Waals surface area (Å²) in [7, 11) is 0. The van der Waals surface area contributed by atoms with Gasteiger partial charge in [-0.3, -0.25) is 19.4 Å². The van der Waals surface area contributed by atoms with Crippen LogP contribution in [0.4, 0.5) is 23.1 Å². The summed E-state index contributed by atoms with van der Waals surface area (Å²) in [4.78, 5) is 67.9. The second-order valence-electron chi connectivity index (χ2n) is 6.91. The van der Waals surface area contributed by atoms with Crippen LogP contribution in [0.3, 0.4) is 0 Å². The number of carbonyl (C=O) groups excluding carboxylic acids is 2. The van der Waals surface area contributed by atoms with Gasteiger partial charge in [0, 0.05) is 17.7 Å². The van der Waals surface area contributed by atoms with E-state index in [1.54, 1.807) is 12.1 Å². The quantitative estimate of drug-likeness (QED) is 0.230. The summed E-state index contributed by atoms with van der Waals surface area (Å²) in [5, 5.41) is 25.9. The Kier molecular flexibility index (Phi) is 6.66. The molecule has 1 aromatic carbocycles. The van der Waals surface area contributed by atoms with E-state index in [2.05, 4.69) is 30.9 Å². The fourth-order valence-electron chi connectivity index (χ4n) is 2.85. The molecule has 3 rings (SSSR count). The molecule has 2 aromatic rings. The van der Waals surface area contributed by atoms with Crippen LogP contribution in [0.1, 0.15) is 16.8 Å². The molecule has 1 aliphatic heterocycles. The minimum Gasteiger partial charge on any atom is -0.480 e.